The zero-order valence-corrected chi connectivity index (χ0v) is 13.1. The molecule has 0 radical (unpaired) electrons. The molecule has 70 valence electrons. The van der Waals surface area contributed by atoms with E-state index in [1.807, 2.05) is 0 Å². The van der Waals surface area contributed by atoms with Gasteiger partial charge < -0.3 is 29.1 Å². The maximum absolute atomic E-state index is 9.71. The Hall–Kier alpha value is 2.32. The van der Waals surface area contributed by atoms with Crippen LogP contribution in [0.3, 0.4) is 0 Å². The molecule has 0 amide bonds. The molecular formula is C3H8ClNa2O6P. The summed E-state index contributed by atoms with van der Waals surface area (Å²) >= 11 is 0. The van der Waals surface area contributed by atoms with Crippen LogP contribution in [0.25, 0.3) is 0 Å². The molecule has 0 aromatic carbocycles. The van der Waals surface area contributed by atoms with Gasteiger partial charge in [0, 0.05) is 0 Å². The van der Waals surface area contributed by atoms with E-state index in [0.29, 0.717) is 0 Å². The van der Waals surface area contributed by atoms with E-state index in [1.165, 1.54) is 0 Å². The molecular weight excluding hydrogens is 244 g/mol. The number of aliphatic hydroxyl groups excluding tert-OH is 2. The minimum absolute atomic E-state index is 0. The molecule has 2 N–H and O–H groups in total. The van der Waals surface area contributed by atoms with Gasteiger partial charge in [0.1, 0.15) is 6.10 Å². The van der Waals surface area contributed by atoms with E-state index < -0.39 is 27.1 Å². The molecule has 0 bridgehead atoms. The fourth-order valence-corrected chi connectivity index (χ4v) is 0.585. The molecule has 0 saturated carbocycles. The summed E-state index contributed by atoms with van der Waals surface area (Å²) in [6, 6.07) is 0. The quantitative estimate of drug-likeness (QED) is 0.379. The van der Waals surface area contributed by atoms with Crippen molar-refractivity contribution in [1.82, 2.24) is 0 Å². The second-order valence-corrected chi connectivity index (χ2v) is 2.73. The Kier molecular flexibility index (Phi) is 23.4. The summed E-state index contributed by atoms with van der Waals surface area (Å²) in [4.78, 5) is 19.4. The van der Waals surface area contributed by atoms with Crippen molar-refractivity contribution in [3.63, 3.8) is 0 Å². The van der Waals surface area contributed by atoms with E-state index in [4.69, 9.17) is 10.2 Å². The largest absolute Gasteiger partial charge is 1.00 e. The average Bonchev–Trinajstić information content (AvgIpc) is 1.81. The molecule has 1 atom stereocenters. The first-order valence-corrected chi connectivity index (χ1v) is 3.87. The summed E-state index contributed by atoms with van der Waals surface area (Å²) < 4.78 is 13.3. The first kappa shape index (κ1) is 24.5. The first-order valence-electron chi connectivity index (χ1n) is 2.41. The number of phosphoric ester groups is 1. The van der Waals surface area contributed by atoms with E-state index in [9.17, 15) is 14.4 Å². The maximum atomic E-state index is 9.71. The zero-order chi connectivity index (χ0) is 8.20. The Morgan fingerprint density at radius 3 is 2.00 bits per heavy atom. The Morgan fingerprint density at radius 2 is 1.77 bits per heavy atom. The number of hydrogen-bond acceptors (Lipinski definition) is 6. The van der Waals surface area contributed by atoms with Crippen LogP contribution in [0.5, 0.6) is 0 Å². The van der Waals surface area contributed by atoms with Crippen molar-refractivity contribution in [3.8, 4) is 0 Å². The maximum Gasteiger partial charge on any atom is 1.00 e. The second-order valence-electron chi connectivity index (χ2n) is 1.58. The molecule has 0 aromatic heterocycles. The second kappa shape index (κ2) is 12.4. The van der Waals surface area contributed by atoms with Gasteiger partial charge in [-0.2, -0.15) is 0 Å². The molecule has 0 aliphatic carbocycles. The van der Waals surface area contributed by atoms with Crippen LogP contribution in [-0.2, 0) is 9.09 Å². The number of phosphoric acid groups is 1. The van der Waals surface area contributed by atoms with E-state index in [1.54, 1.807) is 0 Å². The number of rotatable bonds is 4. The summed E-state index contributed by atoms with van der Waals surface area (Å²) in [5, 5.41) is 16.6. The summed E-state index contributed by atoms with van der Waals surface area (Å²) in [7, 11) is -5.00. The number of hydrogen-bond donors (Lipinski definition) is 2. The normalized spacial score (nSPS) is 11.7. The predicted octanol–water partition coefficient (Wildman–Crippen LogP) is -8.39. The van der Waals surface area contributed by atoms with Gasteiger partial charge in [-0.15, -0.1) is 12.4 Å². The first-order chi connectivity index (χ1) is 4.45. The van der Waals surface area contributed by atoms with Gasteiger partial charge in [-0.25, -0.2) is 0 Å². The van der Waals surface area contributed by atoms with Crippen LogP contribution < -0.4 is 68.9 Å². The summed E-state index contributed by atoms with van der Waals surface area (Å²) in [5.74, 6) is 0. The molecule has 6 nitrogen and oxygen atoms in total. The van der Waals surface area contributed by atoms with Gasteiger partial charge in [-0.3, -0.25) is 0 Å². The molecule has 0 saturated heterocycles. The third kappa shape index (κ3) is 20.4. The fraction of sp³-hybridized carbons (Fsp3) is 1.00. The zero-order valence-electron chi connectivity index (χ0n) is 7.37. The standard InChI is InChI=1S/C3H9O6P.ClH.2Na/c4-1-3(5)2-9-10(6,7)8;;;/h3-5H,1-2H2,(H2,6,7,8);1H;;/q;;2*+1/p-2. The minimum atomic E-state index is -5.00. The van der Waals surface area contributed by atoms with Gasteiger partial charge in [-0.1, -0.05) is 0 Å². The summed E-state index contributed by atoms with van der Waals surface area (Å²) in [5.41, 5.74) is 0. The molecule has 0 heterocycles. The average molecular weight is 252 g/mol. The van der Waals surface area contributed by atoms with Gasteiger partial charge in [0.15, 0.2) is 0 Å². The number of aliphatic hydroxyl groups is 2. The van der Waals surface area contributed by atoms with E-state index in [2.05, 4.69) is 4.52 Å². The molecule has 0 fully saturated rings. The van der Waals surface area contributed by atoms with Crippen molar-refractivity contribution in [2.75, 3.05) is 13.2 Å². The third-order valence-electron chi connectivity index (χ3n) is 0.636. The molecule has 0 aliphatic rings. The van der Waals surface area contributed by atoms with Gasteiger partial charge in [-0.05, 0) is 0 Å². The van der Waals surface area contributed by atoms with Crippen LogP contribution in [0, 0.1) is 0 Å². The van der Waals surface area contributed by atoms with Crippen LogP contribution in [0.2, 0.25) is 0 Å². The molecule has 0 rings (SSSR count). The summed E-state index contributed by atoms with van der Waals surface area (Å²) in [6.07, 6.45) is -1.32. The van der Waals surface area contributed by atoms with Crippen LogP contribution in [0.1, 0.15) is 0 Å². The van der Waals surface area contributed by atoms with Crippen molar-refractivity contribution in [1.29, 1.82) is 0 Å². The smallest absolute Gasteiger partial charge is 0.790 e. The summed E-state index contributed by atoms with van der Waals surface area (Å²) in [6.45, 7) is -1.33. The Morgan fingerprint density at radius 1 is 1.38 bits per heavy atom. The minimum Gasteiger partial charge on any atom is -0.790 e. The molecule has 0 aliphatic heterocycles. The van der Waals surface area contributed by atoms with Crippen LogP contribution in [0.4, 0.5) is 0 Å². The molecule has 1 unspecified atom stereocenters. The van der Waals surface area contributed by atoms with Gasteiger partial charge in [0.2, 0.25) is 0 Å². The van der Waals surface area contributed by atoms with Crippen molar-refractivity contribution < 1.29 is 88.2 Å². The topological polar surface area (TPSA) is 113 Å². The van der Waals surface area contributed by atoms with Crippen molar-refractivity contribution >= 4 is 20.2 Å². The van der Waals surface area contributed by atoms with Crippen molar-refractivity contribution in [3.05, 3.63) is 0 Å². The molecule has 13 heavy (non-hydrogen) atoms. The molecule has 0 spiro atoms. The van der Waals surface area contributed by atoms with Gasteiger partial charge >= 0.3 is 59.1 Å². The molecule has 0 aromatic rings. The Balaban J connectivity index is -0.000000135. The van der Waals surface area contributed by atoms with Crippen LogP contribution in [-0.4, -0.2) is 29.5 Å². The Labute approximate surface area is 126 Å². The van der Waals surface area contributed by atoms with Crippen LogP contribution >= 0.6 is 20.2 Å². The Bertz CT molecular complexity index is 142. The SMILES string of the molecule is Cl.O=P([O-])([O-])OCC(O)CO.[Na+].[Na+]. The third-order valence-corrected chi connectivity index (χ3v) is 1.10. The van der Waals surface area contributed by atoms with Crippen LogP contribution in [0.15, 0.2) is 0 Å². The van der Waals surface area contributed by atoms with E-state index in [-0.39, 0.29) is 71.5 Å². The van der Waals surface area contributed by atoms with E-state index >= 15 is 0 Å². The van der Waals surface area contributed by atoms with E-state index in [0.717, 1.165) is 0 Å². The van der Waals surface area contributed by atoms with Gasteiger partial charge in [0.05, 0.1) is 21.0 Å². The monoisotopic (exact) mass is 252 g/mol. The van der Waals surface area contributed by atoms with Gasteiger partial charge in [0.25, 0.3) is 0 Å². The number of halogens is 1. The van der Waals surface area contributed by atoms with Crippen molar-refractivity contribution in [2.24, 2.45) is 0 Å². The fourth-order valence-electron chi connectivity index (χ4n) is 0.230. The predicted molar refractivity (Wildman–Crippen MR) is 33.9 cm³/mol. The molecule has 10 heteroatoms. The van der Waals surface area contributed by atoms with Crippen molar-refractivity contribution in [2.45, 2.75) is 6.10 Å².